The molecule has 0 saturated carbocycles. The predicted molar refractivity (Wildman–Crippen MR) is 59.7 cm³/mol. The van der Waals surface area contributed by atoms with E-state index >= 15 is 0 Å². The van der Waals surface area contributed by atoms with Crippen molar-refractivity contribution < 1.29 is 5.21 Å². The number of hydrogen-bond acceptors (Lipinski definition) is 2. The summed E-state index contributed by atoms with van der Waals surface area (Å²) in [6.45, 7) is 0. The van der Waals surface area contributed by atoms with Gasteiger partial charge < -0.3 is 5.21 Å². The Morgan fingerprint density at radius 1 is 1.20 bits per heavy atom. The third kappa shape index (κ3) is 1.28. The molecule has 2 aliphatic carbocycles. The van der Waals surface area contributed by atoms with E-state index in [-0.39, 0.29) is 0 Å². The zero-order chi connectivity index (χ0) is 10.3. The normalized spacial score (nSPS) is 26.4. The fraction of sp³-hybridized carbons (Fsp3) is 0.462. The molecular formula is C13H15NO. The Kier molecular flexibility index (Phi) is 2.01. The molecule has 2 nitrogen and oxygen atoms in total. The lowest BCUT2D eigenvalue weighted by Crippen LogP contribution is -2.21. The standard InChI is InChI=1S/C13H15NO/c15-14-12-8-7-10-4-1-3-9-5-2-6-11(12)13(9)10/h2,5-6,10,15H,1,3-4,7-8H2/b14-12-. The molecule has 1 unspecified atom stereocenters. The molecule has 1 N–H and O–H groups in total. The second-order valence-electron chi connectivity index (χ2n) is 4.55. The highest BCUT2D eigenvalue weighted by atomic mass is 16.4. The number of nitrogens with zero attached hydrogens (tertiary/aromatic N) is 1. The first-order chi connectivity index (χ1) is 7.40. The van der Waals surface area contributed by atoms with E-state index in [9.17, 15) is 0 Å². The van der Waals surface area contributed by atoms with Crippen molar-refractivity contribution in [2.24, 2.45) is 5.16 Å². The van der Waals surface area contributed by atoms with Crippen LogP contribution in [-0.2, 0) is 6.42 Å². The molecule has 0 radical (unpaired) electrons. The fourth-order valence-corrected chi connectivity index (χ4v) is 3.09. The van der Waals surface area contributed by atoms with E-state index < -0.39 is 0 Å². The van der Waals surface area contributed by atoms with Crippen LogP contribution in [0.2, 0.25) is 0 Å². The van der Waals surface area contributed by atoms with Gasteiger partial charge >= 0.3 is 0 Å². The minimum atomic E-state index is 0.718. The Balaban J connectivity index is 2.22. The summed E-state index contributed by atoms with van der Waals surface area (Å²) in [5.41, 5.74) is 5.03. The van der Waals surface area contributed by atoms with Gasteiger partial charge in [0, 0.05) is 5.56 Å². The van der Waals surface area contributed by atoms with E-state index in [2.05, 4.69) is 23.4 Å². The smallest absolute Gasteiger partial charge is 0.0870 e. The summed E-state index contributed by atoms with van der Waals surface area (Å²) in [5, 5.41) is 12.4. The van der Waals surface area contributed by atoms with Crippen LogP contribution < -0.4 is 0 Å². The zero-order valence-corrected chi connectivity index (χ0v) is 8.74. The van der Waals surface area contributed by atoms with Crippen LogP contribution in [0, 0.1) is 0 Å². The van der Waals surface area contributed by atoms with Crippen molar-refractivity contribution in [3.05, 3.63) is 34.9 Å². The lowest BCUT2D eigenvalue weighted by atomic mass is 9.73. The lowest BCUT2D eigenvalue weighted by Gasteiger charge is -2.32. The number of benzene rings is 1. The van der Waals surface area contributed by atoms with E-state index in [1.165, 1.54) is 36.0 Å². The monoisotopic (exact) mass is 201 g/mol. The Morgan fingerprint density at radius 3 is 3.00 bits per heavy atom. The molecule has 1 aromatic rings. The van der Waals surface area contributed by atoms with E-state index in [0.717, 1.165) is 24.5 Å². The molecule has 2 aliphatic rings. The van der Waals surface area contributed by atoms with Crippen molar-refractivity contribution in [1.82, 2.24) is 0 Å². The molecule has 15 heavy (non-hydrogen) atoms. The third-order valence-corrected chi connectivity index (χ3v) is 3.76. The molecule has 0 aromatic heterocycles. The van der Waals surface area contributed by atoms with Gasteiger partial charge in [-0.1, -0.05) is 23.4 Å². The van der Waals surface area contributed by atoms with Gasteiger partial charge in [0.05, 0.1) is 5.71 Å². The molecule has 0 bridgehead atoms. The molecule has 78 valence electrons. The van der Waals surface area contributed by atoms with Crippen LogP contribution in [0.5, 0.6) is 0 Å². The SMILES string of the molecule is O/N=C1/CCC2CCCc3cccc1c32. The minimum absolute atomic E-state index is 0.718. The number of rotatable bonds is 0. The summed E-state index contributed by atoms with van der Waals surface area (Å²) >= 11 is 0. The van der Waals surface area contributed by atoms with Gasteiger partial charge in [0.15, 0.2) is 0 Å². The van der Waals surface area contributed by atoms with Crippen molar-refractivity contribution in [2.45, 2.75) is 38.0 Å². The topological polar surface area (TPSA) is 32.6 Å². The molecule has 1 atom stereocenters. The summed E-state index contributed by atoms with van der Waals surface area (Å²) in [6, 6.07) is 6.42. The van der Waals surface area contributed by atoms with Gasteiger partial charge in [-0.25, -0.2) is 0 Å². The van der Waals surface area contributed by atoms with Crippen LogP contribution in [0.4, 0.5) is 0 Å². The van der Waals surface area contributed by atoms with E-state index in [1.54, 1.807) is 0 Å². The van der Waals surface area contributed by atoms with E-state index in [0.29, 0.717) is 0 Å². The largest absolute Gasteiger partial charge is 0.411 e. The summed E-state index contributed by atoms with van der Waals surface area (Å²) in [7, 11) is 0. The second kappa shape index (κ2) is 3.37. The molecule has 1 aromatic carbocycles. The van der Waals surface area contributed by atoms with Crippen molar-refractivity contribution in [3.63, 3.8) is 0 Å². The Bertz CT molecular complexity index is 423. The number of aryl methyl sites for hydroxylation is 1. The molecule has 0 saturated heterocycles. The maximum absolute atomic E-state index is 8.99. The van der Waals surface area contributed by atoms with Crippen LogP contribution in [0.25, 0.3) is 0 Å². The van der Waals surface area contributed by atoms with Gasteiger partial charge in [0.1, 0.15) is 0 Å². The predicted octanol–water partition coefficient (Wildman–Crippen LogP) is 3.08. The highest BCUT2D eigenvalue weighted by Crippen LogP contribution is 2.41. The van der Waals surface area contributed by atoms with Gasteiger partial charge in [0.25, 0.3) is 0 Å². The van der Waals surface area contributed by atoms with Gasteiger partial charge in [-0.2, -0.15) is 0 Å². The molecule has 0 fully saturated rings. The van der Waals surface area contributed by atoms with Crippen LogP contribution in [-0.4, -0.2) is 10.9 Å². The molecule has 0 aliphatic heterocycles. The first-order valence-electron chi connectivity index (χ1n) is 5.73. The minimum Gasteiger partial charge on any atom is -0.411 e. The molecule has 2 heteroatoms. The lowest BCUT2D eigenvalue weighted by molar-refractivity contribution is 0.316. The summed E-state index contributed by atoms with van der Waals surface area (Å²) in [5.74, 6) is 0.718. The molecular weight excluding hydrogens is 186 g/mol. The molecule has 0 heterocycles. The summed E-state index contributed by atoms with van der Waals surface area (Å²) < 4.78 is 0. The van der Waals surface area contributed by atoms with Crippen LogP contribution in [0.1, 0.15) is 48.3 Å². The van der Waals surface area contributed by atoms with E-state index in [4.69, 9.17) is 5.21 Å². The quantitative estimate of drug-likeness (QED) is 0.507. The molecule has 0 spiro atoms. The van der Waals surface area contributed by atoms with Gasteiger partial charge in [0.2, 0.25) is 0 Å². The number of hydrogen-bond donors (Lipinski definition) is 1. The average Bonchev–Trinajstić information content (AvgIpc) is 2.30. The molecule has 3 rings (SSSR count). The summed E-state index contributed by atoms with van der Waals surface area (Å²) in [4.78, 5) is 0. The highest BCUT2D eigenvalue weighted by molar-refractivity contribution is 6.03. The Labute approximate surface area is 89.6 Å². The van der Waals surface area contributed by atoms with Gasteiger partial charge in [-0.05, 0) is 49.1 Å². The maximum atomic E-state index is 8.99. The van der Waals surface area contributed by atoms with Gasteiger partial charge in [-0.3, -0.25) is 0 Å². The second-order valence-corrected chi connectivity index (χ2v) is 4.55. The van der Waals surface area contributed by atoms with Crippen LogP contribution in [0.3, 0.4) is 0 Å². The number of oxime groups is 1. The first-order valence-corrected chi connectivity index (χ1v) is 5.73. The first kappa shape index (κ1) is 8.96. The Morgan fingerprint density at radius 2 is 2.13 bits per heavy atom. The van der Waals surface area contributed by atoms with Gasteiger partial charge in [-0.15, -0.1) is 0 Å². The van der Waals surface area contributed by atoms with Crippen molar-refractivity contribution in [3.8, 4) is 0 Å². The van der Waals surface area contributed by atoms with Crippen molar-refractivity contribution in [1.29, 1.82) is 0 Å². The van der Waals surface area contributed by atoms with Crippen molar-refractivity contribution >= 4 is 5.71 Å². The van der Waals surface area contributed by atoms with Crippen molar-refractivity contribution in [2.75, 3.05) is 0 Å². The summed E-state index contributed by atoms with van der Waals surface area (Å²) in [6.07, 6.45) is 5.90. The zero-order valence-electron chi connectivity index (χ0n) is 8.74. The molecule has 0 amide bonds. The Hall–Kier alpha value is -1.31. The van der Waals surface area contributed by atoms with Crippen LogP contribution in [0.15, 0.2) is 23.4 Å². The average molecular weight is 201 g/mol. The fourth-order valence-electron chi connectivity index (χ4n) is 3.09. The van der Waals surface area contributed by atoms with Crippen LogP contribution >= 0.6 is 0 Å². The highest BCUT2D eigenvalue weighted by Gasteiger charge is 2.28. The van der Waals surface area contributed by atoms with E-state index in [1.807, 2.05) is 0 Å². The maximum Gasteiger partial charge on any atom is 0.0870 e. The third-order valence-electron chi connectivity index (χ3n) is 3.76.